The van der Waals surface area contributed by atoms with Crippen LogP contribution in [0.1, 0.15) is 31.4 Å². The molecule has 11 heteroatoms. The van der Waals surface area contributed by atoms with E-state index in [1.54, 1.807) is 12.1 Å². The van der Waals surface area contributed by atoms with Crippen LogP contribution in [0.15, 0.2) is 77.3 Å². The van der Waals surface area contributed by atoms with E-state index in [-0.39, 0.29) is 36.4 Å². The molecule has 226 valence electrons. The van der Waals surface area contributed by atoms with Crippen LogP contribution in [0.2, 0.25) is 0 Å². The van der Waals surface area contributed by atoms with Crippen LogP contribution >= 0.6 is 15.9 Å². The average Bonchev–Trinajstić information content (AvgIpc) is 2.97. The second-order valence-electron chi connectivity index (χ2n) is 9.98. The third-order valence-corrected chi connectivity index (χ3v) is 8.47. The van der Waals surface area contributed by atoms with Gasteiger partial charge in [-0.1, -0.05) is 65.3 Å². The summed E-state index contributed by atoms with van der Waals surface area (Å²) in [4.78, 5) is 29.5. The van der Waals surface area contributed by atoms with Crippen molar-refractivity contribution in [1.82, 2.24) is 10.2 Å². The van der Waals surface area contributed by atoms with Crippen molar-refractivity contribution >= 4 is 43.5 Å². The fourth-order valence-corrected chi connectivity index (χ4v) is 5.71. The number of amides is 2. The third kappa shape index (κ3) is 8.96. The maximum atomic E-state index is 14.2. The van der Waals surface area contributed by atoms with Crippen LogP contribution in [-0.2, 0) is 32.6 Å². The lowest BCUT2D eigenvalue weighted by Crippen LogP contribution is -2.54. The van der Waals surface area contributed by atoms with Gasteiger partial charge >= 0.3 is 0 Å². The zero-order valence-electron chi connectivity index (χ0n) is 24.5. The highest BCUT2D eigenvalue weighted by atomic mass is 79.9. The predicted octanol–water partition coefficient (Wildman–Crippen LogP) is 4.79. The molecule has 0 bridgehead atoms. The lowest BCUT2D eigenvalue weighted by atomic mass is 10.0. The summed E-state index contributed by atoms with van der Waals surface area (Å²) in [5.41, 5.74) is 1.82. The van der Waals surface area contributed by atoms with Crippen molar-refractivity contribution < 1.29 is 27.5 Å². The Balaban J connectivity index is 2.10. The Morgan fingerprint density at radius 3 is 2.24 bits per heavy atom. The van der Waals surface area contributed by atoms with Crippen LogP contribution in [0.3, 0.4) is 0 Å². The monoisotopic (exact) mass is 659 g/mol. The van der Waals surface area contributed by atoms with Gasteiger partial charge in [0.25, 0.3) is 0 Å². The van der Waals surface area contributed by atoms with Gasteiger partial charge in [0.05, 0.1) is 26.2 Å². The number of ether oxygens (including phenoxy) is 2. The van der Waals surface area contributed by atoms with E-state index in [0.29, 0.717) is 12.2 Å². The van der Waals surface area contributed by atoms with Gasteiger partial charge in [0, 0.05) is 29.5 Å². The molecule has 0 fully saturated rings. The summed E-state index contributed by atoms with van der Waals surface area (Å²) in [5, 5.41) is 3.02. The highest BCUT2D eigenvalue weighted by Gasteiger charge is 2.34. The second kappa shape index (κ2) is 15.1. The van der Waals surface area contributed by atoms with E-state index in [1.807, 2.05) is 68.4 Å². The molecule has 0 saturated heterocycles. The minimum Gasteiger partial charge on any atom is -0.497 e. The predicted molar refractivity (Wildman–Crippen MR) is 168 cm³/mol. The molecule has 0 saturated carbocycles. The van der Waals surface area contributed by atoms with E-state index in [0.717, 1.165) is 26.2 Å². The fraction of sp³-hybridized carbons (Fsp3) is 0.355. The lowest BCUT2D eigenvalue weighted by molar-refractivity contribution is -0.140. The van der Waals surface area contributed by atoms with Crippen molar-refractivity contribution in [1.29, 1.82) is 0 Å². The Morgan fingerprint density at radius 1 is 0.952 bits per heavy atom. The van der Waals surface area contributed by atoms with Gasteiger partial charge in [0.15, 0.2) is 0 Å². The van der Waals surface area contributed by atoms with E-state index in [1.165, 1.54) is 25.2 Å². The topological polar surface area (TPSA) is 105 Å². The molecular formula is C31H38BrN3O6S. The van der Waals surface area contributed by atoms with E-state index >= 15 is 0 Å². The van der Waals surface area contributed by atoms with Gasteiger partial charge in [-0.2, -0.15) is 0 Å². The zero-order valence-corrected chi connectivity index (χ0v) is 26.9. The number of sulfonamides is 1. The summed E-state index contributed by atoms with van der Waals surface area (Å²) < 4.78 is 38.7. The highest BCUT2D eigenvalue weighted by Crippen LogP contribution is 2.34. The molecule has 0 heterocycles. The minimum atomic E-state index is -3.95. The number of hydrogen-bond acceptors (Lipinski definition) is 6. The van der Waals surface area contributed by atoms with Gasteiger partial charge < -0.3 is 19.7 Å². The molecule has 42 heavy (non-hydrogen) atoms. The molecule has 0 radical (unpaired) electrons. The Bertz CT molecular complexity index is 1470. The SMILES string of the molecule is CC[C@H](C)NC(=O)[C@@H](Cc1ccccc1)N(Cc1cccc(Br)c1)C(=O)CN(c1ccc(OC)cc1OC)S(C)(=O)=O. The van der Waals surface area contributed by atoms with E-state index in [9.17, 15) is 18.0 Å². The molecule has 9 nitrogen and oxygen atoms in total. The standard InChI is InChI=1S/C31H38BrN3O6S/c1-6-22(2)33-31(37)28(18-23-11-8-7-9-12-23)34(20-24-13-10-14-25(32)17-24)30(36)21-35(42(5,38)39)27-16-15-26(40-3)19-29(27)41-4/h7-17,19,22,28H,6,18,20-21H2,1-5H3,(H,33,37)/t22-,28+/m0/s1. The van der Waals surface area contributed by atoms with Crippen LogP contribution < -0.4 is 19.1 Å². The average molecular weight is 661 g/mol. The fourth-order valence-electron chi connectivity index (χ4n) is 4.41. The molecule has 0 aromatic heterocycles. The first kappa shape index (κ1) is 32.9. The second-order valence-corrected chi connectivity index (χ2v) is 12.8. The molecule has 0 aliphatic carbocycles. The summed E-state index contributed by atoms with van der Waals surface area (Å²) in [7, 11) is -1.05. The molecule has 3 aromatic carbocycles. The normalized spacial score (nSPS) is 12.6. The van der Waals surface area contributed by atoms with Gasteiger partial charge in [0.2, 0.25) is 21.8 Å². The Morgan fingerprint density at radius 2 is 1.64 bits per heavy atom. The number of nitrogens with zero attached hydrogens (tertiary/aromatic N) is 2. The quantitative estimate of drug-likeness (QED) is 0.267. The molecule has 2 amide bonds. The zero-order chi connectivity index (χ0) is 30.9. The van der Waals surface area contributed by atoms with Crippen LogP contribution in [0.5, 0.6) is 11.5 Å². The van der Waals surface area contributed by atoms with Gasteiger partial charge in [-0.3, -0.25) is 13.9 Å². The van der Waals surface area contributed by atoms with Crippen molar-refractivity contribution in [2.24, 2.45) is 0 Å². The molecule has 0 aliphatic heterocycles. The van der Waals surface area contributed by atoms with Crippen LogP contribution in [0, 0.1) is 0 Å². The molecule has 1 N–H and O–H groups in total. The Hall–Kier alpha value is -3.57. The number of benzene rings is 3. The number of hydrogen-bond donors (Lipinski definition) is 1. The van der Waals surface area contributed by atoms with Crippen LogP contribution in [-0.4, -0.2) is 64.2 Å². The number of carbonyl (C=O) groups is 2. The van der Waals surface area contributed by atoms with E-state index < -0.39 is 28.5 Å². The minimum absolute atomic E-state index is 0.0844. The van der Waals surface area contributed by atoms with Gasteiger partial charge in [0.1, 0.15) is 24.1 Å². The molecular weight excluding hydrogens is 622 g/mol. The van der Waals surface area contributed by atoms with Gasteiger partial charge in [-0.15, -0.1) is 0 Å². The summed E-state index contributed by atoms with van der Waals surface area (Å²) in [6, 6.07) is 20.5. The van der Waals surface area contributed by atoms with E-state index in [4.69, 9.17) is 9.47 Å². The first-order valence-corrected chi connectivity index (χ1v) is 16.2. The first-order valence-electron chi connectivity index (χ1n) is 13.5. The molecule has 3 rings (SSSR count). The van der Waals surface area contributed by atoms with Gasteiger partial charge in [-0.25, -0.2) is 8.42 Å². The molecule has 0 spiro atoms. The lowest BCUT2D eigenvalue weighted by Gasteiger charge is -2.34. The summed E-state index contributed by atoms with van der Waals surface area (Å²) in [5.74, 6) is -0.166. The van der Waals surface area contributed by atoms with Crippen molar-refractivity contribution in [2.45, 2.75) is 45.3 Å². The first-order chi connectivity index (χ1) is 20.0. The van der Waals surface area contributed by atoms with E-state index in [2.05, 4.69) is 21.2 Å². The van der Waals surface area contributed by atoms with Crippen molar-refractivity contribution in [3.8, 4) is 11.5 Å². The number of rotatable bonds is 14. The smallest absolute Gasteiger partial charge is 0.244 e. The molecule has 2 atom stereocenters. The van der Waals surface area contributed by atoms with Gasteiger partial charge in [-0.05, 0) is 48.7 Å². The maximum Gasteiger partial charge on any atom is 0.244 e. The number of methoxy groups -OCH3 is 2. The van der Waals surface area contributed by atoms with Crippen molar-refractivity contribution in [2.75, 3.05) is 31.3 Å². The number of anilines is 1. The Kier molecular flexibility index (Phi) is 11.8. The highest BCUT2D eigenvalue weighted by molar-refractivity contribution is 9.10. The largest absolute Gasteiger partial charge is 0.497 e. The summed E-state index contributed by atoms with van der Waals surface area (Å²) in [6.45, 7) is 3.41. The Labute approximate surface area is 257 Å². The van der Waals surface area contributed by atoms with Crippen molar-refractivity contribution in [3.05, 3.63) is 88.4 Å². The summed E-state index contributed by atoms with van der Waals surface area (Å²) in [6.07, 6.45) is 1.98. The number of halogens is 1. The maximum absolute atomic E-state index is 14.2. The number of nitrogens with one attached hydrogen (secondary N) is 1. The van der Waals surface area contributed by atoms with Crippen LogP contribution in [0.4, 0.5) is 5.69 Å². The third-order valence-electron chi connectivity index (χ3n) is 6.85. The molecule has 0 unspecified atom stereocenters. The van der Waals surface area contributed by atoms with Crippen LogP contribution in [0.25, 0.3) is 0 Å². The number of carbonyl (C=O) groups excluding carboxylic acids is 2. The van der Waals surface area contributed by atoms with Crippen molar-refractivity contribution in [3.63, 3.8) is 0 Å². The molecule has 0 aliphatic rings. The summed E-state index contributed by atoms with van der Waals surface area (Å²) >= 11 is 3.48. The molecule has 3 aromatic rings.